The molecule has 0 aliphatic carbocycles. The molecule has 100 valence electrons. The molecule has 0 aliphatic rings. The van der Waals surface area contributed by atoms with Gasteiger partial charge in [0.05, 0.1) is 11.0 Å². The van der Waals surface area contributed by atoms with Crippen LogP contribution in [-0.2, 0) is 6.42 Å². The first-order valence-corrected chi connectivity index (χ1v) is 5.59. The van der Waals surface area contributed by atoms with Gasteiger partial charge in [0, 0.05) is 6.42 Å². The Bertz CT molecular complexity index is 599. The molecule has 0 atom stereocenters. The minimum atomic E-state index is -0.696. The molecule has 1 heterocycles. The quantitative estimate of drug-likeness (QED) is 0.651. The van der Waals surface area contributed by atoms with E-state index in [1.807, 2.05) is 0 Å². The maximum atomic E-state index is 13.0. The van der Waals surface area contributed by atoms with Crippen molar-refractivity contribution < 1.29 is 13.8 Å². The van der Waals surface area contributed by atoms with Crippen LogP contribution >= 0.6 is 0 Å². The Labute approximate surface area is 107 Å². The summed E-state index contributed by atoms with van der Waals surface area (Å²) in [5, 5.41) is 14.6. The van der Waals surface area contributed by atoms with Gasteiger partial charge in [-0.3, -0.25) is 10.1 Å². The van der Waals surface area contributed by atoms with Crippen LogP contribution in [0.3, 0.4) is 0 Å². The SMILES string of the molecule is NCCCc1noc(-c2ccc(F)cc2[N+](=O)[O-])n1. The first kappa shape index (κ1) is 13.1. The third kappa shape index (κ3) is 2.91. The van der Waals surface area contributed by atoms with Crippen LogP contribution in [0.4, 0.5) is 10.1 Å². The van der Waals surface area contributed by atoms with Crippen LogP contribution in [0.15, 0.2) is 22.7 Å². The molecule has 2 aromatic rings. The predicted octanol–water partition coefficient (Wildman–Crippen LogP) is 1.68. The van der Waals surface area contributed by atoms with Gasteiger partial charge in [-0.05, 0) is 25.1 Å². The minimum absolute atomic E-state index is 0.00118. The zero-order chi connectivity index (χ0) is 13.8. The standard InChI is InChI=1S/C11H11FN4O3/c12-7-3-4-8(9(6-7)16(17)18)11-14-10(15-19-11)2-1-5-13/h3-4,6H,1-2,5,13H2. The number of nitro benzene ring substituents is 1. The van der Waals surface area contributed by atoms with Crippen molar-refractivity contribution in [1.82, 2.24) is 10.1 Å². The Morgan fingerprint density at radius 1 is 1.47 bits per heavy atom. The molecule has 0 unspecified atom stereocenters. The Balaban J connectivity index is 2.36. The highest BCUT2D eigenvalue weighted by Crippen LogP contribution is 2.29. The average Bonchev–Trinajstić information content (AvgIpc) is 2.84. The fraction of sp³-hybridized carbons (Fsp3) is 0.273. The smallest absolute Gasteiger partial charge is 0.285 e. The molecule has 0 bridgehead atoms. The fourth-order valence-corrected chi connectivity index (χ4v) is 1.56. The molecule has 2 rings (SSSR count). The lowest BCUT2D eigenvalue weighted by atomic mass is 10.2. The molecular formula is C11H11FN4O3. The second-order valence-electron chi connectivity index (χ2n) is 3.83. The van der Waals surface area contributed by atoms with Crippen molar-refractivity contribution in [2.24, 2.45) is 5.73 Å². The molecule has 7 nitrogen and oxygen atoms in total. The van der Waals surface area contributed by atoms with E-state index < -0.39 is 16.4 Å². The van der Waals surface area contributed by atoms with Gasteiger partial charge in [-0.2, -0.15) is 4.98 Å². The van der Waals surface area contributed by atoms with E-state index in [9.17, 15) is 14.5 Å². The second kappa shape index (κ2) is 5.53. The van der Waals surface area contributed by atoms with Gasteiger partial charge in [0.25, 0.3) is 11.6 Å². The number of hydrogen-bond acceptors (Lipinski definition) is 6. The summed E-state index contributed by atoms with van der Waals surface area (Å²) in [6, 6.07) is 3.17. The Morgan fingerprint density at radius 3 is 2.95 bits per heavy atom. The molecule has 0 saturated heterocycles. The van der Waals surface area contributed by atoms with Gasteiger partial charge in [-0.15, -0.1) is 0 Å². The normalized spacial score (nSPS) is 10.6. The monoisotopic (exact) mass is 266 g/mol. The first-order chi connectivity index (χ1) is 9.11. The number of nitro groups is 1. The molecule has 19 heavy (non-hydrogen) atoms. The Hall–Kier alpha value is -2.35. The lowest BCUT2D eigenvalue weighted by Gasteiger charge is -1.97. The van der Waals surface area contributed by atoms with E-state index in [4.69, 9.17) is 10.3 Å². The largest absolute Gasteiger partial charge is 0.334 e. The Morgan fingerprint density at radius 2 is 2.26 bits per heavy atom. The summed E-state index contributed by atoms with van der Waals surface area (Å²) in [6.07, 6.45) is 1.21. The van der Waals surface area contributed by atoms with Crippen molar-refractivity contribution in [3.63, 3.8) is 0 Å². The van der Waals surface area contributed by atoms with E-state index in [1.165, 1.54) is 6.07 Å². The highest BCUT2D eigenvalue weighted by atomic mass is 19.1. The van der Waals surface area contributed by atoms with Gasteiger partial charge in [0.2, 0.25) is 0 Å². The van der Waals surface area contributed by atoms with E-state index in [0.717, 1.165) is 12.1 Å². The van der Waals surface area contributed by atoms with E-state index in [1.54, 1.807) is 0 Å². The van der Waals surface area contributed by atoms with Gasteiger partial charge in [0.15, 0.2) is 5.82 Å². The van der Waals surface area contributed by atoms with Gasteiger partial charge >= 0.3 is 0 Å². The lowest BCUT2D eigenvalue weighted by molar-refractivity contribution is -0.384. The van der Waals surface area contributed by atoms with Crippen LogP contribution < -0.4 is 5.73 Å². The molecule has 8 heteroatoms. The van der Waals surface area contributed by atoms with E-state index in [0.29, 0.717) is 25.2 Å². The van der Waals surface area contributed by atoms with Crippen LogP contribution in [0.2, 0.25) is 0 Å². The highest BCUT2D eigenvalue weighted by molar-refractivity contribution is 5.66. The number of nitrogens with zero attached hydrogens (tertiary/aromatic N) is 3. The van der Waals surface area contributed by atoms with Crippen molar-refractivity contribution in [3.05, 3.63) is 40.0 Å². The third-order valence-electron chi connectivity index (χ3n) is 2.46. The number of benzene rings is 1. The van der Waals surface area contributed by atoms with Gasteiger partial charge in [-0.1, -0.05) is 5.16 Å². The molecule has 0 radical (unpaired) electrons. The zero-order valence-electron chi connectivity index (χ0n) is 9.88. The number of aryl methyl sites for hydroxylation is 1. The summed E-state index contributed by atoms with van der Waals surface area (Å²) in [5.74, 6) is -0.281. The third-order valence-corrected chi connectivity index (χ3v) is 2.46. The molecule has 0 fully saturated rings. The predicted molar refractivity (Wildman–Crippen MR) is 63.7 cm³/mol. The maximum Gasteiger partial charge on any atom is 0.285 e. The number of nitrogens with two attached hydrogens (primary N) is 1. The summed E-state index contributed by atoms with van der Waals surface area (Å²) in [6.45, 7) is 0.487. The molecule has 0 saturated carbocycles. The number of rotatable bonds is 5. The number of aromatic nitrogens is 2. The van der Waals surface area contributed by atoms with Crippen LogP contribution in [0.1, 0.15) is 12.2 Å². The fourth-order valence-electron chi connectivity index (χ4n) is 1.56. The molecule has 0 spiro atoms. The van der Waals surface area contributed by atoms with E-state index in [-0.39, 0.29) is 11.5 Å². The lowest BCUT2D eigenvalue weighted by Crippen LogP contribution is -2.01. The first-order valence-electron chi connectivity index (χ1n) is 5.59. The van der Waals surface area contributed by atoms with Crippen LogP contribution in [0.25, 0.3) is 11.5 Å². The summed E-state index contributed by atoms with van der Waals surface area (Å²) in [5.41, 5.74) is 5.04. The molecule has 1 aromatic heterocycles. The zero-order valence-corrected chi connectivity index (χ0v) is 9.88. The molecular weight excluding hydrogens is 255 g/mol. The van der Waals surface area contributed by atoms with Crippen molar-refractivity contribution in [3.8, 4) is 11.5 Å². The van der Waals surface area contributed by atoms with Gasteiger partial charge < -0.3 is 10.3 Å². The summed E-state index contributed by atoms with van der Waals surface area (Å²) in [7, 11) is 0. The van der Waals surface area contributed by atoms with Crippen LogP contribution in [0, 0.1) is 15.9 Å². The topological polar surface area (TPSA) is 108 Å². The van der Waals surface area contributed by atoms with Crippen molar-refractivity contribution in [2.45, 2.75) is 12.8 Å². The van der Waals surface area contributed by atoms with Gasteiger partial charge in [-0.25, -0.2) is 4.39 Å². The maximum absolute atomic E-state index is 13.0. The van der Waals surface area contributed by atoms with Crippen LogP contribution in [0.5, 0.6) is 0 Å². The van der Waals surface area contributed by atoms with Crippen molar-refractivity contribution in [2.75, 3.05) is 6.54 Å². The average molecular weight is 266 g/mol. The molecule has 2 N–H and O–H groups in total. The second-order valence-corrected chi connectivity index (χ2v) is 3.83. The van der Waals surface area contributed by atoms with E-state index >= 15 is 0 Å². The van der Waals surface area contributed by atoms with Crippen molar-refractivity contribution in [1.29, 1.82) is 0 Å². The van der Waals surface area contributed by atoms with E-state index in [2.05, 4.69) is 10.1 Å². The van der Waals surface area contributed by atoms with Crippen molar-refractivity contribution >= 4 is 5.69 Å². The summed E-state index contributed by atoms with van der Waals surface area (Å²) < 4.78 is 18.0. The summed E-state index contributed by atoms with van der Waals surface area (Å²) in [4.78, 5) is 14.2. The highest BCUT2D eigenvalue weighted by Gasteiger charge is 2.21. The summed E-state index contributed by atoms with van der Waals surface area (Å²) >= 11 is 0. The molecule has 0 aliphatic heterocycles. The number of hydrogen-bond donors (Lipinski definition) is 1. The molecule has 1 aromatic carbocycles. The molecule has 0 amide bonds. The van der Waals surface area contributed by atoms with Gasteiger partial charge in [0.1, 0.15) is 11.4 Å². The Kier molecular flexibility index (Phi) is 3.81. The minimum Gasteiger partial charge on any atom is -0.334 e. The number of halogens is 1. The van der Waals surface area contributed by atoms with Crippen LogP contribution in [-0.4, -0.2) is 21.6 Å².